The van der Waals surface area contributed by atoms with Gasteiger partial charge in [-0.15, -0.1) is 0 Å². The number of halogens is 2. The molecule has 2 aliphatic heterocycles. The van der Waals surface area contributed by atoms with Gasteiger partial charge in [-0.2, -0.15) is 0 Å². The molecule has 18 heteroatoms. The van der Waals surface area contributed by atoms with Crippen molar-refractivity contribution in [2.75, 3.05) is 14.2 Å². The van der Waals surface area contributed by atoms with Gasteiger partial charge in [0.25, 0.3) is 0 Å². The van der Waals surface area contributed by atoms with Gasteiger partial charge in [0.2, 0.25) is 0 Å². The second kappa shape index (κ2) is 33.3. The van der Waals surface area contributed by atoms with Gasteiger partial charge < -0.3 is 56.1 Å². The number of methoxy groups -OCH3 is 2. The van der Waals surface area contributed by atoms with Crippen LogP contribution in [0.2, 0.25) is 0 Å². The number of rotatable bonds is 15. The second-order valence-corrected chi connectivity index (χ2v) is 21.1. The van der Waals surface area contributed by atoms with Crippen LogP contribution in [-0.2, 0) is 50.3 Å². The molecule has 0 bridgehead atoms. The van der Waals surface area contributed by atoms with Crippen LogP contribution in [0, 0.1) is 5.41 Å². The molecule has 7 aromatic rings. The van der Waals surface area contributed by atoms with Crippen LogP contribution in [-0.4, -0.2) is 71.2 Å². The third-order valence-electron chi connectivity index (χ3n) is 12.6. The van der Waals surface area contributed by atoms with Crippen LogP contribution in [0.25, 0.3) is 5.57 Å². The summed E-state index contributed by atoms with van der Waals surface area (Å²) in [5.74, 6) is 4.31. The number of nitrogens with zero attached hydrogens (tertiary/aromatic N) is 2. The van der Waals surface area contributed by atoms with Gasteiger partial charge in [0.1, 0.15) is 52.0 Å². The van der Waals surface area contributed by atoms with Gasteiger partial charge >= 0.3 is 7.12 Å². The van der Waals surface area contributed by atoms with Gasteiger partial charge in [-0.1, -0.05) is 135 Å². The van der Waals surface area contributed by atoms with Crippen LogP contribution >= 0.6 is 31.9 Å². The number of allylic oxidation sites excluding steroid dienone is 3. The van der Waals surface area contributed by atoms with E-state index in [9.17, 15) is 4.79 Å². The summed E-state index contributed by atoms with van der Waals surface area (Å²) in [6.45, 7) is 11.8. The fraction of sp³-hybridized carbons (Fsp3) is 0.219. The smallest absolute Gasteiger partial charge is 0.488 e. The number of aryl methyl sites for hydroxylation is 2. The van der Waals surface area contributed by atoms with E-state index < -0.39 is 18.6 Å². The van der Waals surface area contributed by atoms with Crippen molar-refractivity contribution in [3.05, 3.63) is 230 Å². The number of phenols is 1. The summed E-state index contributed by atoms with van der Waals surface area (Å²) in [5, 5.41) is 33.5. The first-order valence-corrected chi connectivity index (χ1v) is 27.6. The van der Waals surface area contributed by atoms with Gasteiger partial charge in [-0.25, -0.2) is 9.98 Å². The van der Waals surface area contributed by atoms with Crippen molar-refractivity contribution in [1.29, 1.82) is 5.41 Å². The van der Waals surface area contributed by atoms with Crippen molar-refractivity contribution in [2.45, 2.75) is 77.7 Å². The zero-order valence-corrected chi connectivity index (χ0v) is 53.1. The monoisotopic (exact) mass is 1310 g/mol. The summed E-state index contributed by atoms with van der Waals surface area (Å²) in [4.78, 5) is 19.8. The van der Waals surface area contributed by atoms with Gasteiger partial charge in [0.05, 0.1) is 30.9 Å². The number of benzene rings is 7. The van der Waals surface area contributed by atoms with Gasteiger partial charge in [-0.3, -0.25) is 5.41 Å². The summed E-state index contributed by atoms with van der Waals surface area (Å²) < 4.78 is 24.5. The van der Waals surface area contributed by atoms with Crippen LogP contribution in [0.4, 0.5) is 0 Å². The number of aliphatic imine (C=N–C) groups is 2. The number of hydrogen-bond donors (Lipinski definition) is 7. The molecular formula is C64H71BBr2N6O8Y. The van der Waals surface area contributed by atoms with Crippen LogP contribution in [0.15, 0.2) is 207 Å². The molecule has 82 heavy (non-hydrogen) atoms. The zero-order valence-electron chi connectivity index (χ0n) is 47.1. The minimum Gasteiger partial charge on any atom is -0.507 e. The summed E-state index contributed by atoms with van der Waals surface area (Å²) in [6, 6.07) is 53.0. The number of ether oxygens (including phenoxy) is 4. The molecule has 2 atom stereocenters. The molecule has 0 saturated carbocycles. The number of nitrogen functional groups attached to an aromatic ring is 1. The number of para-hydroxylation sites is 3. The van der Waals surface area contributed by atoms with E-state index in [2.05, 4.69) is 79.6 Å². The topological polar surface area (TPSA) is 241 Å². The van der Waals surface area contributed by atoms with Crippen LogP contribution < -0.4 is 41.6 Å². The van der Waals surface area contributed by atoms with E-state index >= 15 is 0 Å². The molecule has 0 fully saturated rings. The van der Waals surface area contributed by atoms with Crippen LogP contribution in [0.3, 0.4) is 0 Å². The Balaban J connectivity index is 0.000000233. The fourth-order valence-electron chi connectivity index (χ4n) is 8.21. The van der Waals surface area contributed by atoms with Gasteiger partial charge in [0, 0.05) is 60.9 Å². The Kier molecular flexibility index (Phi) is 27.5. The van der Waals surface area contributed by atoms with Crippen LogP contribution in [0.5, 0.6) is 28.7 Å². The number of ketones is 1. The average Bonchev–Trinajstić information content (AvgIpc) is 3.29. The maximum absolute atomic E-state index is 10.7. The molecular weight excluding hydrogens is 1240 g/mol. The molecule has 0 spiro atoms. The van der Waals surface area contributed by atoms with Crippen molar-refractivity contribution >= 4 is 73.3 Å². The van der Waals surface area contributed by atoms with E-state index in [1.807, 2.05) is 117 Å². The molecule has 0 saturated heterocycles. The van der Waals surface area contributed by atoms with E-state index in [1.165, 1.54) is 24.3 Å². The Bertz CT molecular complexity index is 3360. The minimum atomic E-state index is -1.43. The molecule has 9 rings (SSSR count). The maximum atomic E-state index is 10.7. The Hall–Kier alpha value is -6.85. The first-order valence-electron chi connectivity index (χ1n) is 26.0. The van der Waals surface area contributed by atoms with Gasteiger partial charge in [-0.05, 0) is 160 Å². The first-order chi connectivity index (χ1) is 38.6. The third kappa shape index (κ3) is 22.1. The Morgan fingerprint density at radius 2 is 1.16 bits per heavy atom. The average molecular weight is 1310 g/mol. The molecule has 2 aliphatic rings. The normalized spacial score (nSPS) is 15.3. The maximum Gasteiger partial charge on any atom is 0.488 e. The zero-order chi connectivity index (χ0) is 59.1. The second-order valence-electron chi connectivity index (χ2n) is 19.3. The largest absolute Gasteiger partial charge is 0.507 e. The predicted molar refractivity (Wildman–Crippen MR) is 335 cm³/mol. The van der Waals surface area contributed by atoms with Crippen molar-refractivity contribution in [1.82, 2.24) is 0 Å². The number of carbonyl (C=O) groups excluding carboxylic acids is 1. The molecule has 7 aromatic carbocycles. The van der Waals surface area contributed by atoms with E-state index in [0.717, 1.165) is 79.7 Å². The quantitative estimate of drug-likeness (QED) is 0.0220. The molecule has 10 N–H and O–H groups in total. The number of hydrogen-bond acceptors (Lipinski definition) is 13. The number of Topliss-reactive ketones (excluding diaryl/α,β-unsaturated/α-hetero) is 1. The molecule has 2 unspecified atom stereocenters. The molecule has 425 valence electrons. The molecule has 0 aromatic heterocycles. The summed E-state index contributed by atoms with van der Waals surface area (Å²) in [6.07, 6.45) is 6.69. The predicted octanol–water partition coefficient (Wildman–Crippen LogP) is 11.9. The summed E-state index contributed by atoms with van der Waals surface area (Å²) in [7, 11) is 1.78. The van der Waals surface area contributed by atoms with Gasteiger partial charge in [0.15, 0.2) is 11.4 Å². The number of nitrogens with one attached hydrogen (secondary N) is 1. The van der Waals surface area contributed by atoms with E-state index in [0.29, 0.717) is 41.3 Å². The van der Waals surface area contributed by atoms with Crippen molar-refractivity contribution in [3.8, 4) is 28.7 Å². The standard InChI is InChI=1S/C23H26N2O2.C17H17BrN2O.C10H11BrO.C7H9BO3.C7H8N2O.Y/c1-16(14-17(2)18-8-7-9-19(15-18)26-4)12-13-23(3)25-22(24)20-10-5-6-11-21(20)27-23;1-17(10-9-12-5-4-6-13(18)11-12)20-16(19)14-7-2-3-8-15(14)21-17;1-8(12)5-6-9-3-2-4-10(11)7-9;1-11-7-4-2-3-6(5-7)8(9)10;8-7(9)5-3-1-2-4-6(5)10;/h5-11,14-15H,1,12-13H2,2-4H3,(H2,24,25);2-8,11H,9-10H2,1H3,(H2,19,20);2-4,7H,5-6H2,1H3;2-5,9-10H,1H3;1-4,10H,(H3,8,9);/b17-14+;;;;;. The third-order valence-corrected chi connectivity index (χ3v) is 13.5. The van der Waals surface area contributed by atoms with Crippen molar-refractivity contribution < 1.29 is 71.6 Å². The van der Waals surface area contributed by atoms with Crippen molar-refractivity contribution in [2.24, 2.45) is 27.2 Å². The Morgan fingerprint density at radius 3 is 1.66 bits per heavy atom. The summed E-state index contributed by atoms with van der Waals surface area (Å²) in [5.41, 5.74) is 24.3. The number of amidine groups is 3. The number of carbonyl (C=O) groups is 1. The van der Waals surface area contributed by atoms with E-state index in [4.69, 9.17) is 56.7 Å². The molecule has 14 nitrogen and oxygen atoms in total. The Morgan fingerprint density at radius 1 is 0.671 bits per heavy atom. The van der Waals surface area contributed by atoms with E-state index in [1.54, 1.807) is 56.5 Å². The summed E-state index contributed by atoms with van der Waals surface area (Å²) >= 11 is 6.88. The number of aromatic hydroxyl groups is 1. The number of nitrogens with two attached hydrogens (primary N) is 3. The molecule has 1 radical (unpaired) electrons. The number of phenolic OH excluding ortho intramolecular Hbond substituents is 1. The van der Waals surface area contributed by atoms with Crippen molar-refractivity contribution in [3.63, 3.8) is 0 Å². The molecule has 0 amide bonds. The fourth-order valence-corrected chi connectivity index (χ4v) is 9.10. The SMILES string of the molecule is C=C(/C=C(\C)c1cccc(OC)c1)CCC1(C)N=C(N)c2ccccc2O1.CC(=O)CCc1cccc(Br)c1.CC1(CCc2cccc(Br)c2)N=C(N)c2ccccc2O1.COc1cccc(B(O)O)c1.N=C(N)c1ccccc1O.[Y]. The molecule has 0 aliphatic carbocycles. The first kappa shape index (κ1) is 67.7. The van der Waals surface area contributed by atoms with Crippen LogP contribution in [0.1, 0.15) is 86.8 Å². The number of fused-ring (bicyclic) bond motifs is 2. The minimum absolute atomic E-state index is 0. The molecule has 2 heterocycles. The Labute approximate surface area is 524 Å². The van der Waals surface area contributed by atoms with E-state index in [-0.39, 0.29) is 50.1 Å².